The van der Waals surface area contributed by atoms with Crippen LogP contribution >= 0.6 is 0 Å². The summed E-state index contributed by atoms with van der Waals surface area (Å²) in [5, 5.41) is 10.3. The van der Waals surface area contributed by atoms with E-state index in [-0.39, 0.29) is 0 Å². The highest BCUT2D eigenvalue weighted by atomic mass is 14.2. The van der Waals surface area contributed by atoms with Crippen LogP contribution in [-0.4, -0.2) is 0 Å². The third kappa shape index (κ3) is 3.61. The molecule has 0 spiro atoms. The van der Waals surface area contributed by atoms with E-state index in [9.17, 15) is 0 Å². The van der Waals surface area contributed by atoms with Gasteiger partial charge in [-0.3, -0.25) is 0 Å². The molecule has 0 nitrogen and oxygen atoms in total. The Bertz CT molecular complexity index is 2190. The maximum atomic E-state index is 2.40. The van der Waals surface area contributed by atoms with Gasteiger partial charge in [0.1, 0.15) is 0 Å². The number of rotatable bonds is 3. The second-order valence-electron chi connectivity index (χ2n) is 10.5. The minimum Gasteiger partial charge on any atom is -0.0622 e. The van der Waals surface area contributed by atoms with Crippen molar-refractivity contribution in [1.29, 1.82) is 0 Å². The lowest BCUT2D eigenvalue weighted by Crippen LogP contribution is -1.91. The maximum Gasteiger partial charge on any atom is -0.00262 e. The van der Waals surface area contributed by atoms with E-state index in [1.54, 1.807) is 0 Å². The van der Waals surface area contributed by atoms with E-state index < -0.39 is 0 Å². The molecular weight excluding hydrogens is 480 g/mol. The molecule has 0 aliphatic carbocycles. The van der Waals surface area contributed by atoms with Crippen molar-refractivity contribution in [2.45, 2.75) is 0 Å². The summed E-state index contributed by atoms with van der Waals surface area (Å²) in [4.78, 5) is 0. The fourth-order valence-corrected chi connectivity index (χ4v) is 6.38. The second kappa shape index (κ2) is 9.22. The molecule has 0 fully saturated rings. The molecule has 0 saturated heterocycles. The van der Waals surface area contributed by atoms with Gasteiger partial charge in [0.15, 0.2) is 0 Å². The molecule has 0 bridgehead atoms. The first-order chi connectivity index (χ1) is 19.8. The van der Waals surface area contributed by atoms with E-state index in [2.05, 4.69) is 158 Å². The average molecular weight is 507 g/mol. The first-order valence-electron chi connectivity index (χ1n) is 13.9. The summed E-state index contributed by atoms with van der Waals surface area (Å²) in [5.41, 5.74) is 7.54. The van der Waals surface area contributed by atoms with E-state index in [1.807, 2.05) is 0 Å². The van der Waals surface area contributed by atoms with Gasteiger partial charge in [-0.1, -0.05) is 146 Å². The molecule has 8 rings (SSSR count). The minimum absolute atomic E-state index is 1.23. The maximum absolute atomic E-state index is 2.40. The van der Waals surface area contributed by atoms with Crippen molar-refractivity contribution in [2.24, 2.45) is 0 Å². The van der Waals surface area contributed by atoms with Crippen LogP contribution in [0, 0.1) is 0 Å². The Morgan fingerprint density at radius 1 is 0.225 bits per heavy atom. The van der Waals surface area contributed by atoms with Gasteiger partial charge in [-0.2, -0.15) is 0 Å². The highest BCUT2D eigenvalue weighted by Crippen LogP contribution is 2.44. The molecule has 0 unspecified atom stereocenters. The van der Waals surface area contributed by atoms with Gasteiger partial charge in [0.05, 0.1) is 0 Å². The number of fused-ring (bicyclic) bond motifs is 5. The third-order valence-corrected chi connectivity index (χ3v) is 8.23. The van der Waals surface area contributed by atoms with Crippen molar-refractivity contribution in [3.63, 3.8) is 0 Å². The average Bonchev–Trinajstić information content (AvgIpc) is 3.03. The lowest BCUT2D eigenvalue weighted by atomic mass is 9.85. The quantitative estimate of drug-likeness (QED) is 0.165. The van der Waals surface area contributed by atoms with Crippen LogP contribution in [0.4, 0.5) is 0 Å². The van der Waals surface area contributed by atoms with Crippen LogP contribution in [0.2, 0.25) is 0 Å². The van der Waals surface area contributed by atoms with E-state index in [1.165, 1.54) is 76.5 Å². The molecule has 0 heterocycles. The molecule has 0 saturated carbocycles. The fourth-order valence-electron chi connectivity index (χ4n) is 6.38. The lowest BCUT2D eigenvalue weighted by molar-refractivity contribution is 1.64. The monoisotopic (exact) mass is 506 g/mol. The molecule has 0 radical (unpaired) electrons. The summed E-state index contributed by atoms with van der Waals surface area (Å²) in [6.07, 6.45) is 0. The third-order valence-electron chi connectivity index (χ3n) is 8.23. The minimum atomic E-state index is 1.23. The van der Waals surface area contributed by atoms with Crippen LogP contribution in [0.25, 0.3) is 76.5 Å². The molecule has 0 aliphatic heterocycles. The standard InChI is InChI=1S/C40H26/c1-3-12-28(13-4-1)39-35-17-9-10-18-36(35)40(29-14-5-2-6-15-29)38-26-31(22-24-37(38)39)30-21-23-34-32(25-30)20-19-27-11-7-8-16-33(27)34/h1-26H. The highest BCUT2D eigenvalue weighted by molar-refractivity contribution is 6.22. The molecule has 8 aromatic carbocycles. The Hall–Kier alpha value is -5.20. The van der Waals surface area contributed by atoms with Crippen molar-refractivity contribution in [3.05, 3.63) is 158 Å². The van der Waals surface area contributed by atoms with Crippen molar-refractivity contribution in [2.75, 3.05) is 0 Å². The van der Waals surface area contributed by atoms with Crippen LogP contribution < -0.4 is 0 Å². The van der Waals surface area contributed by atoms with Crippen LogP contribution in [0.5, 0.6) is 0 Å². The zero-order valence-corrected chi connectivity index (χ0v) is 22.0. The van der Waals surface area contributed by atoms with Crippen LogP contribution in [0.3, 0.4) is 0 Å². The summed E-state index contributed by atoms with van der Waals surface area (Å²) in [7, 11) is 0. The first kappa shape index (κ1) is 22.8. The van der Waals surface area contributed by atoms with E-state index in [0.29, 0.717) is 0 Å². The molecule has 0 N–H and O–H groups in total. The summed E-state index contributed by atoms with van der Waals surface area (Å²) < 4.78 is 0. The highest BCUT2D eigenvalue weighted by Gasteiger charge is 2.17. The summed E-state index contributed by atoms with van der Waals surface area (Å²) >= 11 is 0. The molecule has 0 aromatic heterocycles. The van der Waals surface area contributed by atoms with Crippen molar-refractivity contribution >= 4 is 43.1 Å². The van der Waals surface area contributed by atoms with Crippen molar-refractivity contribution < 1.29 is 0 Å². The molecule has 40 heavy (non-hydrogen) atoms. The summed E-state index contributed by atoms with van der Waals surface area (Å²) in [6, 6.07) is 57.5. The zero-order valence-electron chi connectivity index (χ0n) is 22.0. The Kier molecular flexibility index (Phi) is 5.24. The van der Waals surface area contributed by atoms with Gasteiger partial charge < -0.3 is 0 Å². The number of hydrogen-bond donors (Lipinski definition) is 0. The normalized spacial score (nSPS) is 11.5. The SMILES string of the molecule is c1ccc(-c2c3ccccc3c(-c3ccccc3)c3cc(-c4ccc5c(ccc6ccccc65)c4)ccc23)cc1. The van der Waals surface area contributed by atoms with Gasteiger partial charge in [-0.15, -0.1) is 0 Å². The predicted octanol–water partition coefficient (Wildman–Crippen LogP) is 11.3. The topological polar surface area (TPSA) is 0 Å². The Labute approximate surface area is 233 Å². The van der Waals surface area contributed by atoms with Gasteiger partial charge in [-0.25, -0.2) is 0 Å². The number of benzene rings is 8. The molecule has 0 heteroatoms. The second-order valence-corrected chi connectivity index (χ2v) is 10.5. The Morgan fingerprint density at radius 3 is 1.35 bits per heavy atom. The van der Waals surface area contributed by atoms with Crippen molar-refractivity contribution in [1.82, 2.24) is 0 Å². The van der Waals surface area contributed by atoms with E-state index in [4.69, 9.17) is 0 Å². The summed E-state index contributed by atoms with van der Waals surface area (Å²) in [6.45, 7) is 0. The van der Waals surface area contributed by atoms with Crippen LogP contribution in [-0.2, 0) is 0 Å². The van der Waals surface area contributed by atoms with Gasteiger partial charge in [0.2, 0.25) is 0 Å². The van der Waals surface area contributed by atoms with Gasteiger partial charge >= 0.3 is 0 Å². The molecule has 8 aromatic rings. The first-order valence-corrected chi connectivity index (χ1v) is 13.9. The smallest absolute Gasteiger partial charge is 0.00262 e. The Morgan fingerprint density at radius 2 is 0.675 bits per heavy atom. The fraction of sp³-hybridized carbons (Fsp3) is 0. The van der Waals surface area contributed by atoms with Crippen molar-refractivity contribution in [3.8, 4) is 33.4 Å². The zero-order chi connectivity index (χ0) is 26.5. The molecule has 0 atom stereocenters. The molecule has 186 valence electrons. The van der Waals surface area contributed by atoms with Gasteiger partial charge in [-0.05, 0) is 88.6 Å². The largest absolute Gasteiger partial charge is 0.0622 e. The molecular formula is C40H26. The van der Waals surface area contributed by atoms with Crippen LogP contribution in [0.15, 0.2) is 158 Å². The van der Waals surface area contributed by atoms with E-state index in [0.717, 1.165) is 0 Å². The van der Waals surface area contributed by atoms with Gasteiger partial charge in [0.25, 0.3) is 0 Å². The lowest BCUT2D eigenvalue weighted by Gasteiger charge is -2.19. The number of hydrogen-bond acceptors (Lipinski definition) is 0. The molecule has 0 aliphatic rings. The summed E-state index contributed by atoms with van der Waals surface area (Å²) in [5.74, 6) is 0. The van der Waals surface area contributed by atoms with Gasteiger partial charge in [0, 0.05) is 0 Å². The Balaban J connectivity index is 1.44. The molecule has 0 amide bonds. The predicted molar refractivity (Wildman–Crippen MR) is 173 cm³/mol. The van der Waals surface area contributed by atoms with Crippen LogP contribution in [0.1, 0.15) is 0 Å². The van der Waals surface area contributed by atoms with E-state index >= 15 is 0 Å².